The van der Waals surface area contributed by atoms with Crippen LogP contribution in [0.15, 0.2) is 54.6 Å². The minimum atomic E-state index is -0.879. The van der Waals surface area contributed by atoms with Gasteiger partial charge in [0.1, 0.15) is 11.9 Å². The molecule has 4 N–H and O–H groups in total. The van der Waals surface area contributed by atoms with Gasteiger partial charge in [-0.25, -0.2) is 10.3 Å². The van der Waals surface area contributed by atoms with E-state index in [0.29, 0.717) is 16.8 Å². The van der Waals surface area contributed by atoms with E-state index >= 15 is 0 Å². The number of hydrogen-bond donors (Lipinski definition) is 4. The number of carbonyl (C=O) groups excluding carboxylic acids is 2. The summed E-state index contributed by atoms with van der Waals surface area (Å²) in [7, 11) is 0. The van der Waals surface area contributed by atoms with Gasteiger partial charge in [0.05, 0.1) is 11.6 Å². The number of carbonyl (C=O) groups is 2. The van der Waals surface area contributed by atoms with E-state index < -0.39 is 18.1 Å². The van der Waals surface area contributed by atoms with Crippen molar-refractivity contribution in [3.63, 3.8) is 0 Å². The maximum Gasteiger partial charge on any atom is 0.412 e. The number of rotatable bonds is 6. The van der Waals surface area contributed by atoms with E-state index in [1.165, 1.54) is 17.6 Å². The Balaban J connectivity index is 2.16. The molecule has 0 saturated heterocycles. The molecule has 0 aliphatic carbocycles. The van der Waals surface area contributed by atoms with Gasteiger partial charge >= 0.3 is 6.09 Å². The first-order valence-corrected chi connectivity index (χ1v) is 9.07. The van der Waals surface area contributed by atoms with Crippen LogP contribution in [-0.2, 0) is 9.53 Å². The Morgan fingerprint density at radius 2 is 1.96 bits per heavy atom. The first-order valence-electron chi connectivity index (χ1n) is 7.99. The van der Waals surface area contributed by atoms with Gasteiger partial charge in [0.2, 0.25) is 0 Å². The zero-order valence-corrected chi connectivity index (χ0v) is 16.6. The molecule has 0 unspecified atom stereocenters. The molecule has 0 aliphatic heterocycles. The van der Waals surface area contributed by atoms with Crippen molar-refractivity contribution in [2.45, 2.75) is 12.5 Å². The number of nitrogens with zero attached hydrogens (tertiary/aromatic N) is 1. The van der Waals surface area contributed by atoms with Gasteiger partial charge in [0.25, 0.3) is 5.91 Å². The van der Waals surface area contributed by atoms with Crippen LogP contribution < -0.4 is 10.8 Å². The van der Waals surface area contributed by atoms with Gasteiger partial charge < -0.3 is 9.84 Å². The molecular weight excluding hydrogens is 477 g/mol. The number of amides is 2. The standard InChI is InChI=1S/C19H16IN3O5/c20-13-6-9-16(24)15(10-13)17(2-1-3-18(25)23-27)28-19(26)22-14-7-4-12(11-21)5-8-14/h1,3-10,17,24,27H,2H2,(H,22,26)(H,23,25)/b3-1+/t17-/m1/s1. The van der Waals surface area contributed by atoms with Crippen molar-refractivity contribution in [2.24, 2.45) is 0 Å². The van der Waals surface area contributed by atoms with Crippen molar-refractivity contribution in [1.82, 2.24) is 5.48 Å². The predicted octanol–water partition coefficient (Wildman–Crippen LogP) is 3.61. The normalized spacial score (nSPS) is 11.5. The monoisotopic (exact) mass is 493 g/mol. The zero-order valence-electron chi connectivity index (χ0n) is 14.4. The maximum atomic E-state index is 12.3. The number of phenolic OH excluding ortho intramolecular Hbond substituents is 1. The van der Waals surface area contributed by atoms with Crippen LogP contribution in [0.4, 0.5) is 10.5 Å². The van der Waals surface area contributed by atoms with Gasteiger partial charge in [0, 0.05) is 27.3 Å². The molecule has 2 amide bonds. The van der Waals surface area contributed by atoms with Crippen molar-refractivity contribution in [3.05, 3.63) is 69.3 Å². The van der Waals surface area contributed by atoms with E-state index in [1.807, 2.05) is 6.07 Å². The summed E-state index contributed by atoms with van der Waals surface area (Å²) in [4.78, 5) is 23.4. The summed E-state index contributed by atoms with van der Waals surface area (Å²) in [5.41, 5.74) is 2.72. The zero-order chi connectivity index (χ0) is 20.5. The molecule has 2 aromatic rings. The Bertz CT molecular complexity index is 922. The smallest absolute Gasteiger partial charge is 0.412 e. The third kappa shape index (κ3) is 6.26. The topological polar surface area (TPSA) is 132 Å². The molecule has 9 heteroatoms. The van der Waals surface area contributed by atoms with Gasteiger partial charge in [-0.3, -0.25) is 15.3 Å². The minimum absolute atomic E-state index is 0.0587. The van der Waals surface area contributed by atoms with E-state index in [9.17, 15) is 14.7 Å². The summed E-state index contributed by atoms with van der Waals surface area (Å²) >= 11 is 2.06. The van der Waals surface area contributed by atoms with Crippen molar-refractivity contribution >= 4 is 40.3 Å². The SMILES string of the molecule is N#Cc1ccc(NC(=O)O[C@H](C/C=C/C(=O)NO)c2cc(I)ccc2O)cc1. The largest absolute Gasteiger partial charge is 0.508 e. The molecule has 0 aromatic heterocycles. The van der Waals surface area contributed by atoms with Gasteiger partial charge in [-0.15, -0.1) is 0 Å². The fourth-order valence-electron chi connectivity index (χ4n) is 2.26. The van der Waals surface area contributed by atoms with Crippen LogP contribution in [-0.4, -0.2) is 22.3 Å². The quantitative estimate of drug-likeness (QED) is 0.211. The van der Waals surface area contributed by atoms with E-state index in [1.54, 1.807) is 36.4 Å². The Morgan fingerprint density at radius 1 is 1.25 bits per heavy atom. The molecule has 2 aromatic carbocycles. The van der Waals surface area contributed by atoms with Crippen LogP contribution in [0.1, 0.15) is 23.7 Å². The molecule has 0 bridgehead atoms. The highest BCUT2D eigenvalue weighted by Crippen LogP contribution is 2.31. The number of benzene rings is 2. The molecule has 0 saturated carbocycles. The van der Waals surface area contributed by atoms with Gasteiger partial charge in [-0.2, -0.15) is 5.26 Å². The molecule has 1 atom stereocenters. The third-order valence-electron chi connectivity index (χ3n) is 3.58. The first-order chi connectivity index (χ1) is 13.4. The van der Waals surface area contributed by atoms with E-state index in [-0.39, 0.29) is 12.2 Å². The summed E-state index contributed by atoms with van der Waals surface area (Å²) in [5, 5.41) is 30.0. The maximum absolute atomic E-state index is 12.3. The van der Waals surface area contributed by atoms with Crippen LogP contribution in [0.25, 0.3) is 0 Å². The Kier molecular flexibility index (Phi) is 7.79. The molecule has 0 heterocycles. The van der Waals surface area contributed by atoms with Crippen LogP contribution in [0.3, 0.4) is 0 Å². The number of aromatic hydroxyl groups is 1. The lowest BCUT2D eigenvalue weighted by Gasteiger charge is -2.19. The van der Waals surface area contributed by atoms with Crippen molar-refractivity contribution in [2.75, 3.05) is 5.32 Å². The first kappa shape index (κ1) is 21.2. The lowest BCUT2D eigenvalue weighted by atomic mass is 10.0. The molecule has 0 fully saturated rings. The molecule has 0 radical (unpaired) electrons. The van der Waals surface area contributed by atoms with Crippen LogP contribution in [0, 0.1) is 14.9 Å². The lowest BCUT2D eigenvalue weighted by molar-refractivity contribution is -0.124. The summed E-state index contributed by atoms with van der Waals surface area (Å²) in [6.45, 7) is 0. The molecule has 2 rings (SSSR count). The summed E-state index contributed by atoms with van der Waals surface area (Å²) in [6.07, 6.45) is 0.926. The average molecular weight is 493 g/mol. The fraction of sp³-hybridized carbons (Fsp3) is 0.105. The summed E-state index contributed by atoms with van der Waals surface area (Å²) < 4.78 is 6.25. The average Bonchev–Trinajstić information content (AvgIpc) is 2.69. The highest BCUT2D eigenvalue weighted by atomic mass is 127. The number of ether oxygens (including phenoxy) is 1. The van der Waals surface area contributed by atoms with Crippen molar-refractivity contribution in [1.29, 1.82) is 5.26 Å². The molecule has 144 valence electrons. The number of nitrogens with one attached hydrogen (secondary N) is 2. The Morgan fingerprint density at radius 3 is 2.61 bits per heavy atom. The van der Waals surface area contributed by atoms with E-state index in [4.69, 9.17) is 15.2 Å². The number of hydrogen-bond acceptors (Lipinski definition) is 6. The number of anilines is 1. The molecule has 0 aliphatic rings. The van der Waals surface area contributed by atoms with Crippen molar-refractivity contribution in [3.8, 4) is 11.8 Å². The number of hydroxylamine groups is 1. The van der Waals surface area contributed by atoms with E-state index in [0.717, 1.165) is 9.65 Å². The highest BCUT2D eigenvalue weighted by Gasteiger charge is 2.20. The third-order valence-corrected chi connectivity index (χ3v) is 4.25. The molecule has 8 nitrogen and oxygen atoms in total. The number of halogens is 1. The van der Waals surface area contributed by atoms with E-state index in [2.05, 4.69) is 27.9 Å². The second kappa shape index (κ2) is 10.3. The number of nitriles is 1. The number of phenols is 1. The predicted molar refractivity (Wildman–Crippen MR) is 109 cm³/mol. The van der Waals surface area contributed by atoms with Gasteiger partial charge in [-0.1, -0.05) is 6.08 Å². The molecular formula is C19H16IN3O5. The molecule has 28 heavy (non-hydrogen) atoms. The fourth-order valence-corrected chi connectivity index (χ4v) is 2.78. The van der Waals surface area contributed by atoms with Crippen LogP contribution in [0.2, 0.25) is 0 Å². The lowest BCUT2D eigenvalue weighted by Crippen LogP contribution is -2.18. The van der Waals surface area contributed by atoms with Gasteiger partial charge in [-0.05, 0) is 65.1 Å². The second-order valence-corrected chi connectivity index (χ2v) is 6.77. The molecule has 0 spiro atoms. The van der Waals surface area contributed by atoms with Crippen LogP contribution in [0.5, 0.6) is 5.75 Å². The van der Waals surface area contributed by atoms with Crippen molar-refractivity contribution < 1.29 is 24.6 Å². The highest BCUT2D eigenvalue weighted by molar-refractivity contribution is 14.1. The second-order valence-electron chi connectivity index (χ2n) is 5.53. The summed E-state index contributed by atoms with van der Waals surface area (Å²) in [6, 6.07) is 13.0. The summed E-state index contributed by atoms with van der Waals surface area (Å²) in [5.74, 6) is -0.788. The van der Waals surface area contributed by atoms with Gasteiger partial charge in [0.15, 0.2) is 0 Å². The van der Waals surface area contributed by atoms with Crippen LogP contribution >= 0.6 is 22.6 Å². The Labute approximate surface area is 174 Å². The minimum Gasteiger partial charge on any atom is -0.508 e. The Hall–Kier alpha value is -3.10.